The summed E-state index contributed by atoms with van der Waals surface area (Å²) in [5.74, 6) is -0.971. The first-order chi connectivity index (χ1) is 11.6. The van der Waals surface area contributed by atoms with Gasteiger partial charge < -0.3 is 5.11 Å². The van der Waals surface area contributed by atoms with Gasteiger partial charge in [-0.3, -0.25) is 0 Å². The van der Waals surface area contributed by atoms with Crippen molar-refractivity contribution < 1.29 is 9.90 Å². The summed E-state index contributed by atoms with van der Waals surface area (Å²) in [7, 11) is 0. The van der Waals surface area contributed by atoms with Crippen molar-refractivity contribution in [2.75, 3.05) is 0 Å². The quantitative estimate of drug-likeness (QED) is 0.783. The number of carbonyl (C=O) groups is 1. The molecule has 2 aromatic carbocycles. The van der Waals surface area contributed by atoms with Gasteiger partial charge in [0.15, 0.2) is 0 Å². The van der Waals surface area contributed by atoms with Crippen molar-refractivity contribution in [2.24, 2.45) is 0 Å². The Kier molecular flexibility index (Phi) is 4.09. The highest BCUT2D eigenvalue weighted by molar-refractivity contribution is 6.03. The summed E-state index contributed by atoms with van der Waals surface area (Å²) in [4.78, 5) is 16.0. The van der Waals surface area contributed by atoms with Gasteiger partial charge in [0.25, 0.3) is 0 Å². The lowest BCUT2D eigenvalue weighted by molar-refractivity contribution is 0.0699. The molecule has 0 spiro atoms. The molecule has 4 nitrogen and oxygen atoms in total. The summed E-state index contributed by atoms with van der Waals surface area (Å²) in [5.41, 5.74) is 3.97. The lowest BCUT2D eigenvalue weighted by Gasteiger charge is -2.05. The van der Waals surface area contributed by atoms with Gasteiger partial charge in [-0.1, -0.05) is 29.8 Å². The number of nitrogens with zero attached hydrogens (tertiary/aromatic N) is 2. The number of benzene rings is 2. The molecule has 0 atom stereocenters. The van der Waals surface area contributed by atoms with Gasteiger partial charge in [-0.15, -0.1) is 0 Å². The lowest BCUT2D eigenvalue weighted by atomic mass is 10.0. The van der Waals surface area contributed by atoms with Crippen LogP contribution in [-0.2, 0) is 0 Å². The van der Waals surface area contributed by atoms with Gasteiger partial charge in [0.05, 0.1) is 28.4 Å². The van der Waals surface area contributed by atoms with Gasteiger partial charge in [-0.25, -0.2) is 9.78 Å². The second kappa shape index (κ2) is 6.35. The molecule has 0 saturated heterocycles. The number of pyridine rings is 1. The molecule has 116 valence electrons. The largest absolute Gasteiger partial charge is 0.478 e. The predicted molar refractivity (Wildman–Crippen MR) is 93.5 cm³/mol. The highest BCUT2D eigenvalue weighted by atomic mass is 16.4. The third-order valence-corrected chi connectivity index (χ3v) is 3.70. The highest BCUT2D eigenvalue weighted by Gasteiger charge is 2.11. The van der Waals surface area contributed by atoms with Crippen LogP contribution in [0.4, 0.5) is 0 Å². The van der Waals surface area contributed by atoms with Gasteiger partial charge in [0.1, 0.15) is 0 Å². The molecule has 0 aliphatic carbocycles. The van der Waals surface area contributed by atoms with E-state index in [-0.39, 0.29) is 5.56 Å². The summed E-state index contributed by atoms with van der Waals surface area (Å²) in [6, 6.07) is 16.4. The molecule has 24 heavy (non-hydrogen) atoms. The maximum absolute atomic E-state index is 11.5. The maximum atomic E-state index is 11.5. The minimum absolute atomic E-state index is 0.239. The van der Waals surface area contributed by atoms with Crippen molar-refractivity contribution in [3.8, 4) is 6.07 Å². The molecule has 1 aromatic heterocycles. The van der Waals surface area contributed by atoms with Gasteiger partial charge in [0, 0.05) is 5.39 Å². The van der Waals surface area contributed by atoms with E-state index >= 15 is 0 Å². The average Bonchev–Trinajstić information content (AvgIpc) is 2.59. The van der Waals surface area contributed by atoms with Gasteiger partial charge >= 0.3 is 5.97 Å². The number of hydrogen-bond acceptors (Lipinski definition) is 3. The summed E-state index contributed by atoms with van der Waals surface area (Å²) in [6.45, 7) is 1.92. The van der Waals surface area contributed by atoms with Crippen molar-refractivity contribution in [2.45, 2.75) is 6.92 Å². The molecule has 0 bridgehead atoms. The molecular formula is C20H14N2O2. The highest BCUT2D eigenvalue weighted by Crippen LogP contribution is 2.21. The van der Waals surface area contributed by atoms with E-state index < -0.39 is 5.97 Å². The number of fused-ring (bicyclic) bond motifs is 1. The fourth-order valence-corrected chi connectivity index (χ4v) is 2.47. The second-order valence-electron chi connectivity index (χ2n) is 5.49. The van der Waals surface area contributed by atoms with Crippen LogP contribution in [0.5, 0.6) is 0 Å². The second-order valence-corrected chi connectivity index (χ2v) is 5.49. The van der Waals surface area contributed by atoms with E-state index in [1.807, 2.05) is 43.3 Å². The Balaban J connectivity index is 2.03. The molecule has 4 heteroatoms. The van der Waals surface area contributed by atoms with E-state index in [2.05, 4.69) is 11.1 Å². The summed E-state index contributed by atoms with van der Waals surface area (Å²) < 4.78 is 0. The number of aromatic carboxylic acids is 1. The molecule has 3 rings (SSSR count). The number of rotatable bonds is 3. The number of hydrogen-bond donors (Lipinski definition) is 1. The Bertz CT molecular complexity index is 997. The number of aryl methyl sites for hydroxylation is 1. The van der Waals surface area contributed by atoms with Crippen molar-refractivity contribution in [3.05, 3.63) is 76.5 Å². The van der Waals surface area contributed by atoms with Crippen LogP contribution in [0.15, 0.2) is 48.5 Å². The van der Waals surface area contributed by atoms with Crippen LogP contribution < -0.4 is 0 Å². The van der Waals surface area contributed by atoms with Crippen LogP contribution in [0, 0.1) is 18.3 Å². The Morgan fingerprint density at radius 1 is 1.12 bits per heavy atom. The summed E-state index contributed by atoms with van der Waals surface area (Å²) >= 11 is 0. The Morgan fingerprint density at radius 2 is 1.88 bits per heavy atom. The zero-order valence-corrected chi connectivity index (χ0v) is 13.0. The van der Waals surface area contributed by atoms with E-state index in [0.717, 1.165) is 11.1 Å². The number of nitriles is 1. The molecule has 0 aliphatic heterocycles. The number of carboxylic acids is 1. The third kappa shape index (κ3) is 3.16. The molecule has 0 amide bonds. The van der Waals surface area contributed by atoms with Crippen LogP contribution >= 0.6 is 0 Å². The Morgan fingerprint density at radius 3 is 2.54 bits per heavy atom. The minimum Gasteiger partial charge on any atom is -0.478 e. The molecule has 1 N–H and O–H groups in total. The van der Waals surface area contributed by atoms with Crippen LogP contribution in [0.2, 0.25) is 0 Å². The standard InChI is InChI=1S/C20H14N2O2/c1-13-2-9-19-17(10-13)18(20(23)24)11-16(22-19)8-7-14-3-5-15(12-21)6-4-14/h2-11H,1H3,(H,23,24)/b8-7+. The van der Waals surface area contributed by atoms with E-state index in [1.165, 1.54) is 0 Å². The Labute approximate surface area is 139 Å². The van der Waals surface area contributed by atoms with E-state index in [4.69, 9.17) is 5.26 Å². The monoisotopic (exact) mass is 314 g/mol. The zero-order chi connectivity index (χ0) is 17.1. The first-order valence-electron chi connectivity index (χ1n) is 7.40. The average molecular weight is 314 g/mol. The molecule has 0 radical (unpaired) electrons. The van der Waals surface area contributed by atoms with E-state index in [1.54, 1.807) is 24.3 Å². The molecule has 0 fully saturated rings. The topological polar surface area (TPSA) is 74.0 Å². The predicted octanol–water partition coefficient (Wildman–Crippen LogP) is 4.28. The van der Waals surface area contributed by atoms with Crippen molar-refractivity contribution in [1.82, 2.24) is 4.98 Å². The molecule has 3 aromatic rings. The SMILES string of the molecule is Cc1ccc2nc(/C=C/c3ccc(C#N)cc3)cc(C(=O)O)c2c1. The van der Waals surface area contributed by atoms with Crippen LogP contribution in [0.25, 0.3) is 23.1 Å². The maximum Gasteiger partial charge on any atom is 0.336 e. The third-order valence-electron chi connectivity index (χ3n) is 3.70. The summed E-state index contributed by atoms with van der Waals surface area (Å²) in [5, 5.41) is 18.9. The van der Waals surface area contributed by atoms with Gasteiger partial charge in [-0.2, -0.15) is 5.26 Å². The first kappa shape index (κ1) is 15.4. The lowest BCUT2D eigenvalue weighted by Crippen LogP contribution is -2.00. The first-order valence-corrected chi connectivity index (χ1v) is 7.40. The van der Waals surface area contributed by atoms with Crippen molar-refractivity contribution >= 4 is 29.0 Å². The molecule has 1 heterocycles. The summed E-state index contributed by atoms with van der Waals surface area (Å²) in [6.07, 6.45) is 3.61. The van der Waals surface area contributed by atoms with Crippen LogP contribution in [0.3, 0.4) is 0 Å². The van der Waals surface area contributed by atoms with Crippen LogP contribution in [-0.4, -0.2) is 16.1 Å². The molecule has 0 unspecified atom stereocenters. The zero-order valence-electron chi connectivity index (χ0n) is 13.0. The van der Waals surface area contributed by atoms with Gasteiger partial charge in [-0.05, 0) is 48.9 Å². The fraction of sp³-hybridized carbons (Fsp3) is 0.0500. The fourth-order valence-electron chi connectivity index (χ4n) is 2.47. The molecule has 0 saturated carbocycles. The van der Waals surface area contributed by atoms with Gasteiger partial charge in [0.2, 0.25) is 0 Å². The molecule has 0 aliphatic rings. The number of aromatic nitrogens is 1. The van der Waals surface area contributed by atoms with Crippen molar-refractivity contribution in [3.63, 3.8) is 0 Å². The van der Waals surface area contributed by atoms with Crippen molar-refractivity contribution in [1.29, 1.82) is 5.26 Å². The smallest absolute Gasteiger partial charge is 0.336 e. The minimum atomic E-state index is -0.971. The normalized spacial score (nSPS) is 10.8. The van der Waals surface area contributed by atoms with E-state index in [0.29, 0.717) is 22.2 Å². The number of carboxylic acid groups (broad SMARTS) is 1. The Hall–Kier alpha value is -3.45. The van der Waals surface area contributed by atoms with E-state index in [9.17, 15) is 9.90 Å². The molecular weight excluding hydrogens is 300 g/mol. The van der Waals surface area contributed by atoms with Crippen LogP contribution in [0.1, 0.15) is 32.7 Å².